The van der Waals surface area contributed by atoms with Crippen molar-refractivity contribution in [1.82, 2.24) is 3.69 Å². The van der Waals surface area contributed by atoms with Gasteiger partial charge in [-0.1, -0.05) is 42.5 Å². The first-order valence-electron chi connectivity index (χ1n) is 8.76. The van der Waals surface area contributed by atoms with Gasteiger partial charge in [0.2, 0.25) is 6.10 Å². The lowest BCUT2D eigenvalue weighted by Crippen LogP contribution is -2.41. The molecule has 1 atom stereocenters. The third kappa shape index (κ3) is 5.27. The summed E-state index contributed by atoms with van der Waals surface area (Å²) in [7, 11) is 0. The minimum Gasteiger partial charge on any atom is -0.475 e. The Balaban J connectivity index is 2.46. The molecule has 0 spiro atoms. The number of hydrogen-bond acceptors (Lipinski definition) is 4. The maximum Gasteiger partial charge on any atom is 0.430 e. The minimum absolute atomic E-state index is 0.104. The minimum atomic E-state index is -4.77. The van der Waals surface area contributed by atoms with Crippen molar-refractivity contribution in [1.29, 1.82) is 0 Å². The molecule has 1 N–H and O–H groups in total. The SMILES string of the molecule is CCCC=INOC(=O)C1=Cc2c(C)c(Cl)cc(C(C)C)c2O[C@@H]1C(F)(F)F. The van der Waals surface area contributed by atoms with E-state index in [0.717, 1.165) is 12.8 Å². The van der Waals surface area contributed by atoms with Crippen LogP contribution < -0.4 is 8.43 Å². The van der Waals surface area contributed by atoms with Crippen molar-refractivity contribution in [3.8, 4) is 5.75 Å². The molecule has 1 aromatic rings. The summed E-state index contributed by atoms with van der Waals surface area (Å²) in [6, 6.07) is 1.61. The quantitative estimate of drug-likeness (QED) is 0.277. The molecule has 1 aliphatic rings. The number of rotatable bonds is 6. The topological polar surface area (TPSA) is 47.6 Å². The normalized spacial score (nSPS) is 17.0. The highest BCUT2D eigenvalue weighted by Crippen LogP contribution is 2.44. The molecule has 0 fully saturated rings. The van der Waals surface area contributed by atoms with E-state index >= 15 is 0 Å². The molecule has 0 saturated carbocycles. The van der Waals surface area contributed by atoms with E-state index in [1.807, 2.05) is 24.8 Å². The second kappa shape index (κ2) is 9.58. The third-order valence-corrected chi connectivity index (χ3v) is 6.11. The standard InChI is InChI=1S/C19H22ClF3INO3/c1-5-6-7-24-25-28-18(26)14-8-13-11(4)15(20)9-12(10(2)3)16(13)27-17(14)19(21,22)23/h7-10,17,25H,5-6H2,1-4H3/t17-/m0/s1. The van der Waals surface area contributed by atoms with Crippen LogP contribution in [0.4, 0.5) is 13.2 Å². The molecular formula is C19H22ClF3INO3. The first-order chi connectivity index (χ1) is 13.1. The van der Waals surface area contributed by atoms with Gasteiger partial charge in [0.05, 0.1) is 5.57 Å². The molecule has 4 nitrogen and oxygen atoms in total. The second-order valence-electron chi connectivity index (χ2n) is 6.63. The second-order valence-corrected chi connectivity index (χ2v) is 8.98. The zero-order valence-electron chi connectivity index (χ0n) is 15.9. The average molecular weight is 532 g/mol. The van der Waals surface area contributed by atoms with Crippen LogP contribution in [0, 0.1) is 6.92 Å². The number of nitrogens with one attached hydrogen (secondary N) is 1. The molecule has 28 heavy (non-hydrogen) atoms. The van der Waals surface area contributed by atoms with E-state index in [0.29, 0.717) is 21.7 Å². The van der Waals surface area contributed by atoms with Crippen LogP contribution in [-0.4, -0.2) is 22.3 Å². The molecule has 1 aliphatic heterocycles. The first-order valence-corrected chi connectivity index (χ1v) is 11.5. The molecule has 0 unspecified atom stereocenters. The van der Waals surface area contributed by atoms with Gasteiger partial charge in [-0.2, -0.15) is 13.2 Å². The monoisotopic (exact) mass is 531 g/mol. The van der Waals surface area contributed by atoms with Crippen molar-refractivity contribution in [2.24, 2.45) is 0 Å². The van der Waals surface area contributed by atoms with Crippen molar-refractivity contribution in [2.45, 2.75) is 58.7 Å². The van der Waals surface area contributed by atoms with E-state index in [9.17, 15) is 18.0 Å². The summed E-state index contributed by atoms with van der Waals surface area (Å²) in [6.45, 7) is 7.34. The Labute approximate surface area is 177 Å². The number of alkyl halides is 3. The van der Waals surface area contributed by atoms with Crippen LogP contribution in [0.3, 0.4) is 0 Å². The molecule has 0 saturated heterocycles. The van der Waals surface area contributed by atoms with Gasteiger partial charge in [-0.15, -0.1) is 0 Å². The summed E-state index contributed by atoms with van der Waals surface area (Å²) < 4.78 is 50.6. The van der Waals surface area contributed by atoms with Crippen molar-refractivity contribution >= 4 is 48.7 Å². The van der Waals surface area contributed by atoms with Gasteiger partial charge in [-0.3, -0.25) is 0 Å². The first kappa shape index (κ1) is 23.2. The van der Waals surface area contributed by atoms with Crippen LogP contribution in [-0.2, 0) is 9.63 Å². The van der Waals surface area contributed by atoms with Gasteiger partial charge >= 0.3 is 12.1 Å². The average Bonchev–Trinajstić information content (AvgIpc) is 2.62. The van der Waals surface area contributed by atoms with Gasteiger partial charge in [0, 0.05) is 31.6 Å². The number of hydrogen-bond donors (Lipinski definition) is 1. The van der Waals surface area contributed by atoms with E-state index in [4.69, 9.17) is 21.2 Å². The molecule has 156 valence electrons. The molecule has 0 bridgehead atoms. The molecule has 0 radical (unpaired) electrons. The molecule has 2 rings (SSSR count). The lowest BCUT2D eigenvalue weighted by atomic mass is 9.91. The fourth-order valence-electron chi connectivity index (χ4n) is 2.63. The van der Waals surface area contributed by atoms with Crippen molar-refractivity contribution in [2.75, 3.05) is 0 Å². The van der Waals surface area contributed by atoms with Crippen molar-refractivity contribution in [3.05, 3.63) is 33.4 Å². The Morgan fingerprint density at radius 1 is 1.46 bits per heavy atom. The Morgan fingerprint density at radius 3 is 2.71 bits per heavy atom. The van der Waals surface area contributed by atoms with E-state index in [-0.39, 0.29) is 11.7 Å². The van der Waals surface area contributed by atoms with Crippen LogP contribution in [0.5, 0.6) is 5.75 Å². The van der Waals surface area contributed by atoms with Crippen molar-refractivity contribution in [3.63, 3.8) is 0 Å². The summed E-state index contributed by atoms with van der Waals surface area (Å²) >= 11 is 5.50. The predicted octanol–water partition coefficient (Wildman–Crippen LogP) is 6.01. The van der Waals surface area contributed by atoms with E-state index in [2.05, 4.69) is 3.69 Å². The largest absolute Gasteiger partial charge is 0.475 e. The lowest BCUT2D eigenvalue weighted by molar-refractivity contribution is -0.188. The van der Waals surface area contributed by atoms with Gasteiger partial charge < -0.3 is 9.57 Å². The van der Waals surface area contributed by atoms with E-state index in [1.54, 1.807) is 13.0 Å². The summed E-state index contributed by atoms with van der Waals surface area (Å²) in [4.78, 5) is 17.2. The summed E-state index contributed by atoms with van der Waals surface area (Å²) in [5.41, 5.74) is 0.869. The zero-order valence-corrected chi connectivity index (χ0v) is 18.8. The number of carbonyl (C=O) groups excluding carboxylic acids is 1. The molecule has 1 heterocycles. The molecular weight excluding hydrogens is 510 g/mol. The van der Waals surface area contributed by atoms with Crippen LogP contribution in [0.2, 0.25) is 5.02 Å². The molecule has 1 aromatic carbocycles. The van der Waals surface area contributed by atoms with Gasteiger partial charge in [0.25, 0.3) is 0 Å². The lowest BCUT2D eigenvalue weighted by Gasteiger charge is -2.30. The highest BCUT2D eigenvalue weighted by molar-refractivity contribution is 14.2. The van der Waals surface area contributed by atoms with Crippen LogP contribution in [0.1, 0.15) is 56.2 Å². The maximum absolute atomic E-state index is 13.6. The van der Waals surface area contributed by atoms with Crippen molar-refractivity contribution < 1.29 is 27.5 Å². The smallest absolute Gasteiger partial charge is 0.430 e. The number of benzene rings is 1. The zero-order chi connectivity index (χ0) is 21.1. The van der Waals surface area contributed by atoms with Gasteiger partial charge in [-0.25, -0.2) is 4.79 Å². The van der Waals surface area contributed by atoms with Gasteiger partial charge in [0.15, 0.2) is 0 Å². The van der Waals surface area contributed by atoms with E-state index in [1.165, 1.54) is 6.08 Å². The summed E-state index contributed by atoms with van der Waals surface area (Å²) in [5, 5.41) is 0.402. The van der Waals surface area contributed by atoms with Gasteiger partial charge in [-0.05, 0) is 46.5 Å². The number of unbranched alkanes of at least 4 members (excludes halogenated alkanes) is 1. The number of ether oxygens (including phenoxy) is 1. The van der Waals surface area contributed by atoms with Gasteiger partial charge in [0.1, 0.15) is 5.75 Å². The summed E-state index contributed by atoms with van der Waals surface area (Å²) in [6.07, 6.45) is -4.20. The fraction of sp³-hybridized carbons (Fsp3) is 0.474. The Bertz CT molecular complexity index is 807. The number of halogens is 5. The Morgan fingerprint density at radius 2 is 2.14 bits per heavy atom. The van der Waals surface area contributed by atoms with Crippen LogP contribution in [0.15, 0.2) is 11.6 Å². The predicted molar refractivity (Wildman–Crippen MR) is 113 cm³/mol. The van der Waals surface area contributed by atoms with E-state index < -0.39 is 44.8 Å². The van der Waals surface area contributed by atoms with Crippen LogP contribution >= 0.6 is 32.6 Å². The number of fused-ring (bicyclic) bond motifs is 1. The highest BCUT2D eigenvalue weighted by atomic mass is 127. The number of carbonyl (C=O) groups is 1. The Hall–Kier alpha value is -1.13. The molecule has 0 aromatic heterocycles. The maximum atomic E-state index is 13.6. The third-order valence-electron chi connectivity index (χ3n) is 4.18. The molecule has 0 aliphatic carbocycles. The van der Waals surface area contributed by atoms with Crippen LogP contribution in [0.25, 0.3) is 6.08 Å². The fourth-order valence-corrected chi connectivity index (χ4v) is 4.29. The Kier molecular flexibility index (Phi) is 7.92. The molecule has 9 heteroatoms. The summed E-state index contributed by atoms with van der Waals surface area (Å²) in [5.74, 6) is -1.11. The molecule has 0 amide bonds. The highest BCUT2D eigenvalue weighted by Gasteiger charge is 2.49.